The van der Waals surface area contributed by atoms with Gasteiger partial charge in [0.15, 0.2) is 11.0 Å². The van der Waals surface area contributed by atoms with Crippen molar-refractivity contribution >= 4 is 46.8 Å². The standard InChI is InChI=1S/C21H19N3O5S/c1-12(19(27)23-14-8-6-13(7-9-14)18(22)26)29-20(28)21-11-10-17(25)24(21)15-4-2-3-5-16(15)30-21/h2-9,12H,10-11H2,1H3,(H2,22,26)(H,23,27)/t12-,21-/m0/s1. The summed E-state index contributed by atoms with van der Waals surface area (Å²) in [5, 5.41) is 2.63. The highest BCUT2D eigenvalue weighted by molar-refractivity contribution is 8.02. The summed E-state index contributed by atoms with van der Waals surface area (Å²) in [6.07, 6.45) is -0.527. The normalized spacial score (nSPS) is 20.3. The van der Waals surface area contributed by atoms with Gasteiger partial charge in [-0.1, -0.05) is 23.9 Å². The lowest BCUT2D eigenvalue weighted by Crippen LogP contribution is -2.49. The van der Waals surface area contributed by atoms with E-state index in [9.17, 15) is 19.2 Å². The number of anilines is 2. The van der Waals surface area contributed by atoms with Crippen molar-refractivity contribution in [3.63, 3.8) is 0 Å². The summed E-state index contributed by atoms with van der Waals surface area (Å²) in [4.78, 5) is 50.3. The number of esters is 1. The summed E-state index contributed by atoms with van der Waals surface area (Å²) in [5.74, 6) is -1.86. The number of nitrogens with one attached hydrogen (secondary N) is 1. The Hall–Kier alpha value is -3.33. The number of hydrogen-bond acceptors (Lipinski definition) is 6. The van der Waals surface area contributed by atoms with Gasteiger partial charge in [-0.2, -0.15) is 0 Å². The van der Waals surface area contributed by atoms with Crippen LogP contribution < -0.4 is 16.0 Å². The maximum absolute atomic E-state index is 13.1. The van der Waals surface area contributed by atoms with Gasteiger partial charge in [0, 0.05) is 29.0 Å². The molecule has 1 fully saturated rings. The Morgan fingerprint density at radius 1 is 1.17 bits per heavy atom. The number of amides is 3. The predicted octanol–water partition coefficient (Wildman–Crippen LogP) is 2.28. The average Bonchev–Trinajstić information content (AvgIpc) is 3.24. The minimum atomic E-state index is -1.18. The third-order valence-electron chi connectivity index (χ3n) is 5.08. The summed E-state index contributed by atoms with van der Waals surface area (Å²) in [6.45, 7) is 1.47. The minimum Gasteiger partial charge on any atom is -0.450 e. The summed E-state index contributed by atoms with van der Waals surface area (Å²) in [7, 11) is 0. The maximum atomic E-state index is 13.1. The molecular formula is C21H19N3O5S. The molecule has 2 atom stereocenters. The molecule has 2 heterocycles. The van der Waals surface area contributed by atoms with E-state index in [0.29, 0.717) is 23.4 Å². The Bertz CT molecular complexity index is 1050. The first-order valence-electron chi connectivity index (χ1n) is 9.35. The van der Waals surface area contributed by atoms with Crippen LogP contribution in [0.15, 0.2) is 53.4 Å². The topological polar surface area (TPSA) is 119 Å². The van der Waals surface area contributed by atoms with E-state index in [1.807, 2.05) is 18.2 Å². The SMILES string of the molecule is C[C@H](OC(=O)[C@@]12CCC(=O)N1c1ccccc1S2)C(=O)Nc1ccc(C(N)=O)cc1. The Morgan fingerprint density at radius 2 is 1.87 bits per heavy atom. The molecule has 2 aromatic rings. The minimum absolute atomic E-state index is 0.143. The molecule has 3 amide bonds. The van der Waals surface area contributed by atoms with Crippen LogP contribution in [0.3, 0.4) is 0 Å². The van der Waals surface area contributed by atoms with E-state index in [2.05, 4.69) is 5.32 Å². The van der Waals surface area contributed by atoms with Gasteiger partial charge in [-0.15, -0.1) is 0 Å². The fraction of sp³-hybridized carbons (Fsp3) is 0.238. The van der Waals surface area contributed by atoms with Gasteiger partial charge in [0.2, 0.25) is 11.8 Å². The average molecular weight is 425 g/mol. The highest BCUT2D eigenvalue weighted by Gasteiger charge is 2.58. The highest BCUT2D eigenvalue weighted by Crippen LogP contribution is 2.56. The van der Waals surface area contributed by atoms with Crippen molar-refractivity contribution in [2.45, 2.75) is 35.6 Å². The molecule has 8 nitrogen and oxygen atoms in total. The molecule has 2 aromatic carbocycles. The molecule has 0 saturated carbocycles. The van der Waals surface area contributed by atoms with Crippen molar-refractivity contribution < 1.29 is 23.9 Å². The van der Waals surface area contributed by atoms with Crippen LogP contribution in [0.25, 0.3) is 0 Å². The van der Waals surface area contributed by atoms with E-state index in [0.717, 1.165) is 4.90 Å². The second-order valence-electron chi connectivity index (χ2n) is 7.06. The first-order valence-corrected chi connectivity index (χ1v) is 10.2. The third kappa shape index (κ3) is 3.30. The number of rotatable bonds is 5. The molecule has 0 unspecified atom stereocenters. The zero-order chi connectivity index (χ0) is 21.5. The van der Waals surface area contributed by atoms with Crippen LogP contribution in [0, 0.1) is 0 Å². The van der Waals surface area contributed by atoms with E-state index >= 15 is 0 Å². The second kappa shape index (κ2) is 7.49. The number of thioether (sulfide) groups is 1. The van der Waals surface area contributed by atoms with Crippen molar-refractivity contribution in [2.75, 3.05) is 10.2 Å². The Morgan fingerprint density at radius 3 is 2.57 bits per heavy atom. The van der Waals surface area contributed by atoms with Crippen molar-refractivity contribution in [1.82, 2.24) is 0 Å². The molecule has 2 aliphatic heterocycles. The lowest BCUT2D eigenvalue weighted by molar-refractivity contribution is -0.155. The molecule has 2 aliphatic rings. The fourth-order valence-electron chi connectivity index (χ4n) is 3.54. The monoisotopic (exact) mass is 425 g/mol. The molecule has 0 spiro atoms. The number of nitrogens with two attached hydrogens (primary N) is 1. The summed E-state index contributed by atoms with van der Waals surface area (Å²) in [6, 6.07) is 13.4. The van der Waals surface area contributed by atoms with Gasteiger partial charge in [-0.25, -0.2) is 4.79 Å². The van der Waals surface area contributed by atoms with Gasteiger partial charge >= 0.3 is 5.97 Å². The Kier molecular flexibility index (Phi) is 4.98. The lowest BCUT2D eigenvalue weighted by atomic mass is 10.2. The first-order chi connectivity index (χ1) is 14.3. The van der Waals surface area contributed by atoms with E-state index in [-0.39, 0.29) is 12.3 Å². The first kappa shape index (κ1) is 20.0. The van der Waals surface area contributed by atoms with Gasteiger partial charge in [0.05, 0.1) is 5.69 Å². The van der Waals surface area contributed by atoms with Crippen molar-refractivity contribution in [3.8, 4) is 0 Å². The van der Waals surface area contributed by atoms with Crippen LogP contribution in [0.1, 0.15) is 30.1 Å². The summed E-state index contributed by atoms with van der Waals surface area (Å²) >= 11 is 1.28. The Balaban J connectivity index is 1.46. The quantitative estimate of drug-likeness (QED) is 0.710. The van der Waals surface area contributed by atoms with Gasteiger partial charge in [-0.05, 0) is 43.3 Å². The lowest BCUT2D eigenvalue weighted by Gasteiger charge is -2.29. The molecule has 0 aromatic heterocycles. The van der Waals surface area contributed by atoms with Crippen LogP contribution in [-0.4, -0.2) is 34.7 Å². The predicted molar refractivity (Wildman–Crippen MR) is 111 cm³/mol. The van der Waals surface area contributed by atoms with Gasteiger partial charge < -0.3 is 15.8 Å². The van der Waals surface area contributed by atoms with Gasteiger partial charge in [0.25, 0.3) is 5.91 Å². The zero-order valence-electron chi connectivity index (χ0n) is 16.1. The van der Waals surface area contributed by atoms with Gasteiger partial charge in [-0.3, -0.25) is 19.3 Å². The van der Waals surface area contributed by atoms with E-state index < -0.39 is 28.8 Å². The maximum Gasteiger partial charge on any atom is 0.344 e. The number of benzene rings is 2. The number of ether oxygens (including phenoxy) is 1. The van der Waals surface area contributed by atoms with Crippen LogP contribution in [-0.2, 0) is 19.1 Å². The molecular weight excluding hydrogens is 406 g/mol. The molecule has 9 heteroatoms. The molecule has 0 aliphatic carbocycles. The van der Waals surface area contributed by atoms with Gasteiger partial charge in [0.1, 0.15) is 0 Å². The fourth-order valence-corrected chi connectivity index (χ4v) is 4.94. The van der Waals surface area contributed by atoms with Crippen LogP contribution >= 0.6 is 11.8 Å². The van der Waals surface area contributed by atoms with Crippen LogP contribution in [0.2, 0.25) is 0 Å². The number of primary amides is 1. The number of carbonyl (C=O) groups is 4. The largest absolute Gasteiger partial charge is 0.450 e. The number of hydrogen-bond donors (Lipinski definition) is 2. The third-order valence-corrected chi connectivity index (χ3v) is 6.54. The van der Waals surface area contributed by atoms with E-state index in [1.54, 1.807) is 6.07 Å². The summed E-state index contributed by atoms with van der Waals surface area (Å²) < 4.78 is 5.47. The number of para-hydroxylation sites is 1. The molecule has 154 valence electrons. The van der Waals surface area contributed by atoms with E-state index in [1.165, 1.54) is 47.9 Å². The van der Waals surface area contributed by atoms with Crippen molar-refractivity contribution in [1.29, 1.82) is 0 Å². The smallest absolute Gasteiger partial charge is 0.344 e. The molecule has 1 saturated heterocycles. The van der Waals surface area contributed by atoms with Crippen molar-refractivity contribution in [2.24, 2.45) is 5.73 Å². The number of fused-ring (bicyclic) bond motifs is 3. The molecule has 0 radical (unpaired) electrons. The zero-order valence-corrected chi connectivity index (χ0v) is 16.9. The summed E-state index contributed by atoms with van der Waals surface area (Å²) in [5.41, 5.74) is 6.64. The van der Waals surface area contributed by atoms with Crippen LogP contribution in [0.4, 0.5) is 11.4 Å². The Labute approximate surface area is 176 Å². The van der Waals surface area contributed by atoms with Crippen LogP contribution in [0.5, 0.6) is 0 Å². The van der Waals surface area contributed by atoms with E-state index in [4.69, 9.17) is 10.5 Å². The number of carbonyl (C=O) groups excluding carboxylic acids is 4. The molecule has 0 bridgehead atoms. The molecule has 4 rings (SSSR count). The second-order valence-corrected chi connectivity index (χ2v) is 8.38. The van der Waals surface area contributed by atoms with Crippen molar-refractivity contribution in [3.05, 3.63) is 54.1 Å². The number of nitrogens with zero attached hydrogens (tertiary/aromatic N) is 1. The highest BCUT2D eigenvalue weighted by atomic mass is 32.2. The molecule has 3 N–H and O–H groups in total. The molecule has 30 heavy (non-hydrogen) atoms.